The van der Waals surface area contributed by atoms with Gasteiger partial charge in [-0.2, -0.15) is 0 Å². The first kappa shape index (κ1) is 25.8. The van der Waals surface area contributed by atoms with E-state index in [0.717, 1.165) is 18.4 Å². The standard InChI is InChI=1S/C27H38ClN3O4/c1-18(2)17-35-26(34)29(4)23-16-31(15-22(23)19-5-7-21(28)8-6-19)24(32)20-9-13-30(14-10-20)25(33)27(3)11-12-27/h5-8,18,20,22-23H,9-17H2,1-4H3. The highest BCUT2D eigenvalue weighted by atomic mass is 35.5. The van der Waals surface area contributed by atoms with E-state index in [1.165, 1.54) is 0 Å². The van der Waals surface area contributed by atoms with Crippen LogP contribution in [0.4, 0.5) is 4.79 Å². The van der Waals surface area contributed by atoms with E-state index in [4.69, 9.17) is 16.3 Å². The number of likely N-dealkylation sites (N-methyl/N-ethyl adjacent to an activating group) is 1. The molecule has 4 rings (SSSR count). The van der Waals surface area contributed by atoms with Crippen LogP contribution in [0, 0.1) is 17.3 Å². The van der Waals surface area contributed by atoms with Crippen LogP contribution >= 0.6 is 11.6 Å². The molecule has 2 unspecified atom stereocenters. The largest absolute Gasteiger partial charge is 0.449 e. The third-order valence-electron chi connectivity index (χ3n) is 7.87. The molecular formula is C27H38ClN3O4. The lowest BCUT2D eigenvalue weighted by Crippen LogP contribution is -2.46. The lowest BCUT2D eigenvalue weighted by atomic mass is 9.93. The van der Waals surface area contributed by atoms with Crippen LogP contribution in [0.25, 0.3) is 0 Å². The molecule has 2 heterocycles. The first-order chi connectivity index (χ1) is 16.6. The van der Waals surface area contributed by atoms with Crippen molar-refractivity contribution in [3.8, 4) is 0 Å². The van der Waals surface area contributed by atoms with Crippen molar-refractivity contribution in [2.24, 2.45) is 17.3 Å². The van der Waals surface area contributed by atoms with Crippen molar-refractivity contribution >= 4 is 29.5 Å². The quantitative estimate of drug-likeness (QED) is 0.577. The lowest BCUT2D eigenvalue weighted by molar-refractivity contribution is -0.142. The molecule has 3 aliphatic rings. The van der Waals surface area contributed by atoms with Gasteiger partial charge in [-0.05, 0) is 49.3 Å². The molecule has 192 valence electrons. The average Bonchev–Trinajstić information content (AvgIpc) is 3.45. The van der Waals surface area contributed by atoms with Gasteiger partial charge in [0, 0.05) is 55.5 Å². The Morgan fingerprint density at radius 2 is 1.71 bits per heavy atom. The maximum Gasteiger partial charge on any atom is 0.409 e. The van der Waals surface area contributed by atoms with E-state index in [9.17, 15) is 14.4 Å². The minimum atomic E-state index is -0.364. The second kappa shape index (κ2) is 10.4. The van der Waals surface area contributed by atoms with Gasteiger partial charge >= 0.3 is 6.09 Å². The summed E-state index contributed by atoms with van der Waals surface area (Å²) < 4.78 is 5.48. The molecule has 0 aromatic heterocycles. The van der Waals surface area contributed by atoms with Gasteiger partial charge in [0.05, 0.1) is 12.6 Å². The molecule has 2 aliphatic heterocycles. The second-order valence-corrected chi connectivity index (χ2v) is 11.6. The molecule has 2 atom stereocenters. The van der Waals surface area contributed by atoms with Crippen molar-refractivity contribution in [2.45, 2.75) is 58.4 Å². The predicted molar refractivity (Wildman–Crippen MR) is 135 cm³/mol. The van der Waals surface area contributed by atoms with E-state index in [1.807, 2.05) is 54.8 Å². The van der Waals surface area contributed by atoms with E-state index >= 15 is 0 Å². The second-order valence-electron chi connectivity index (χ2n) is 11.2. The third-order valence-corrected chi connectivity index (χ3v) is 8.12. The van der Waals surface area contributed by atoms with E-state index in [2.05, 4.69) is 0 Å². The zero-order valence-corrected chi connectivity index (χ0v) is 22.1. The molecule has 0 N–H and O–H groups in total. The number of carbonyl (C=O) groups is 3. The van der Waals surface area contributed by atoms with E-state index in [0.29, 0.717) is 50.7 Å². The molecule has 8 heteroatoms. The van der Waals surface area contributed by atoms with Crippen LogP contribution in [-0.4, -0.2) is 78.5 Å². The molecule has 3 amide bonds. The molecule has 1 aromatic rings. The van der Waals surface area contributed by atoms with Gasteiger partial charge in [-0.25, -0.2) is 4.79 Å². The van der Waals surface area contributed by atoms with Crippen LogP contribution in [0.3, 0.4) is 0 Å². The van der Waals surface area contributed by atoms with Gasteiger partial charge in [-0.1, -0.05) is 44.5 Å². The van der Waals surface area contributed by atoms with E-state index < -0.39 is 0 Å². The Hall–Kier alpha value is -2.28. The monoisotopic (exact) mass is 503 g/mol. The summed E-state index contributed by atoms with van der Waals surface area (Å²) in [5.41, 5.74) is 0.885. The third kappa shape index (κ3) is 5.76. The number of nitrogens with zero attached hydrogens (tertiary/aromatic N) is 3. The summed E-state index contributed by atoms with van der Waals surface area (Å²) in [5, 5.41) is 0.655. The van der Waals surface area contributed by atoms with Crippen LogP contribution in [0.5, 0.6) is 0 Å². The molecule has 1 aromatic carbocycles. The molecule has 2 saturated heterocycles. The van der Waals surface area contributed by atoms with E-state index in [-0.39, 0.29) is 47.1 Å². The highest BCUT2D eigenvalue weighted by Gasteiger charge is 2.48. The molecule has 7 nitrogen and oxygen atoms in total. The Morgan fingerprint density at radius 3 is 2.29 bits per heavy atom. The first-order valence-electron chi connectivity index (χ1n) is 12.8. The summed E-state index contributed by atoms with van der Waals surface area (Å²) in [7, 11) is 1.76. The Balaban J connectivity index is 1.43. The molecule has 1 saturated carbocycles. The smallest absolute Gasteiger partial charge is 0.409 e. The molecule has 0 spiro atoms. The number of likely N-dealkylation sites (tertiary alicyclic amines) is 2. The fourth-order valence-corrected chi connectivity index (χ4v) is 5.37. The van der Waals surface area contributed by atoms with Gasteiger partial charge in [-0.3, -0.25) is 9.59 Å². The molecule has 0 bridgehead atoms. The molecule has 3 fully saturated rings. The molecule has 0 radical (unpaired) electrons. The number of hydrogen-bond acceptors (Lipinski definition) is 4. The van der Waals surface area contributed by atoms with Gasteiger partial charge in [0.15, 0.2) is 0 Å². The van der Waals surface area contributed by atoms with Crippen molar-refractivity contribution in [2.75, 3.05) is 39.8 Å². The number of benzene rings is 1. The number of halogens is 1. The van der Waals surface area contributed by atoms with Crippen LogP contribution in [0.2, 0.25) is 5.02 Å². The zero-order valence-electron chi connectivity index (χ0n) is 21.3. The Bertz CT molecular complexity index is 938. The van der Waals surface area contributed by atoms with Crippen molar-refractivity contribution in [1.29, 1.82) is 0 Å². The van der Waals surface area contributed by atoms with Crippen LogP contribution in [0.15, 0.2) is 24.3 Å². The number of piperidine rings is 1. The number of carbonyl (C=O) groups excluding carboxylic acids is 3. The zero-order chi connectivity index (χ0) is 25.3. The molecule has 35 heavy (non-hydrogen) atoms. The SMILES string of the molecule is CC(C)COC(=O)N(C)C1CN(C(=O)C2CCN(C(=O)C3(C)CC3)CC2)CC1c1ccc(Cl)cc1. The van der Waals surface area contributed by atoms with E-state index in [1.54, 1.807) is 11.9 Å². The van der Waals surface area contributed by atoms with Crippen LogP contribution in [-0.2, 0) is 14.3 Å². The average molecular weight is 504 g/mol. The highest BCUT2D eigenvalue weighted by Crippen LogP contribution is 2.47. The topological polar surface area (TPSA) is 70.2 Å². The van der Waals surface area contributed by atoms with Crippen LogP contribution in [0.1, 0.15) is 57.9 Å². The predicted octanol–water partition coefficient (Wildman–Crippen LogP) is 4.40. The number of ether oxygens (including phenoxy) is 1. The Morgan fingerprint density at radius 1 is 1.09 bits per heavy atom. The lowest BCUT2D eigenvalue weighted by Gasteiger charge is -2.34. The van der Waals surface area contributed by atoms with Gasteiger partial charge in [0.25, 0.3) is 0 Å². The van der Waals surface area contributed by atoms with Gasteiger partial charge in [-0.15, -0.1) is 0 Å². The number of rotatable bonds is 6. The minimum Gasteiger partial charge on any atom is -0.449 e. The normalized spacial score (nSPS) is 23.9. The van der Waals surface area contributed by atoms with Crippen molar-refractivity contribution in [3.63, 3.8) is 0 Å². The first-order valence-corrected chi connectivity index (χ1v) is 13.2. The van der Waals surface area contributed by atoms with Gasteiger partial charge in [0.2, 0.25) is 11.8 Å². The van der Waals surface area contributed by atoms with Crippen molar-refractivity contribution in [3.05, 3.63) is 34.9 Å². The maximum absolute atomic E-state index is 13.5. The van der Waals surface area contributed by atoms with Crippen molar-refractivity contribution < 1.29 is 19.1 Å². The van der Waals surface area contributed by atoms with Crippen LogP contribution < -0.4 is 0 Å². The summed E-state index contributed by atoms with van der Waals surface area (Å²) in [6, 6.07) is 7.47. The minimum absolute atomic E-state index is 0.0238. The molecular weight excluding hydrogens is 466 g/mol. The summed E-state index contributed by atoms with van der Waals surface area (Å²) in [5.74, 6) is 0.508. The number of hydrogen-bond donors (Lipinski definition) is 0. The fourth-order valence-electron chi connectivity index (χ4n) is 5.24. The molecule has 1 aliphatic carbocycles. The van der Waals surface area contributed by atoms with Gasteiger partial charge < -0.3 is 19.4 Å². The summed E-state index contributed by atoms with van der Waals surface area (Å²) >= 11 is 6.11. The Kier molecular flexibility index (Phi) is 7.65. The number of amides is 3. The summed E-state index contributed by atoms with van der Waals surface area (Å²) in [6.45, 7) is 8.71. The summed E-state index contributed by atoms with van der Waals surface area (Å²) in [4.78, 5) is 44.5. The van der Waals surface area contributed by atoms with Gasteiger partial charge in [0.1, 0.15) is 0 Å². The highest BCUT2D eigenvalue weighted by molar-refractivity contribution is 6.30. The fraction of sp³-hybridized carbons (Fsp3) is 0.667. The van der Waals surface area contributed by atoms with Crippen molar-refractivity contribution in [1.82, 2.24) is 14.7 Å². The summed E-state index contributed by atoms with van der Waals surface area (Å²) in [6.07, 6.45) is 2.97. The maximum atomic E-state index is 13.5. The Labute approximate surface area is 213 Å².